The number of piperidine rings is 1. The molecule has 0 bridgehead atoms. The molecule has 1 fully saturated rings. The van der Waals surface area contributed by atoms with E-state index in [1.54, 1.807) is 13.2 Å². The smallest absolute Gasteiger partial charge is 0.282 e. The fraction of sp³-hybridized carbons (Fsp3) is 0.714. The van der Waals surface area contributed by atoms with Gasteiger partial charge in [0.2, 0.25) is 0 Å². The maximum atomic E-state index is 11.9. The van der Waals surface area contributed by atoms with E-state index in [1.807, 2.05) is 0 Å². The maximum absolute atomic E-state index is 11.9. The summed E-state index contributed by atoms with van der Waals surface area (Å²) in [6.45, 7) is 6.95. The molecule has 6 heteroatoms. The van der Waals surface area contributed by atoms with Gasteiger partial charge in [-0.15, -0.1) is 0 Å². The van der Waals surface area contributed by atoms with Crippen molar-refractivity contribution in [3.05, 3.63) is 21.0 Å². The predicted octanol–water partition coefficient (Wildman–Crippen LogP) is 2.18. The third-order valence-electron chi connectivity index (χ3n) is 3.51. The summed E-state index contributed by atoms with van der Waals surface area (Å²) < 4.78 is 7.82. The van der Waals surface area contributed by atoms with Crippen LogP contribution in [0.1, 0.15) is 26.7 Å². The monoisotopic (exact) mass is 343 g/mol. The van der Waals surface area contributed by atoms with E-state index >= 15 is 0 Å². The zero-order valence-corrected chi connectivity index (χ0v) is 13.9. The van der Waals surface area contributed by atoms with Gasteiger partial charge in [-0.2, -0.15) is 5.10 Å². The highest BCUT2D eigenvalue weighted by Crippen LogP contribution is 2.25. The van der Waals surface area contributed by atoms with Crippen LogP contribution in [0.2, 0.25) is 0 Å². The Labute approximate surface area is 128 Å². The Kier molecular flexibility index (Phi) is 5.21. The van der Waals surface area contributed by atoms with E-state index in [4.69, 9.17) is 4.74 Å². The van der Waals surface area contributed by atoms with Crippen LogP contribution in [0.4, 0.5) is 5.69 Å². The lowest BCUT2D eigenvalue weighted by molar-refractivity contribution is 0.0215. The number of aromatic nitrogens is 2. The molecule has 20 heavy (non-hydrogen) atoms. The van der Waals surface area contributed by atoms with Crippen LogP contribution < -0.4 is 10.5 Å². The maximum Gasteiger partial charge on any atom is 0.282 e. The van der Waals surface area contributed by atoms with E-state index in [1.165, 1.54) is 4.68 Å². The third-order valence-corrected chi connectivity index (χ3v) is 4.25. The van der Waals surface area contributed by atoms with Gasteiger partial charge in [-0.3, -0.25) is 4.79 Å². The van der Waals surface area contributed by atoms with Crippen LogP contribution in [0.15, 0.2) is 15.5 Å². The second-order valence-corrected chi connectivity index (χ2v) is 6.48. The fourth-order valence-electron chi connectivity index (χ4n) is 2.31. The first-order valence-electron chi connectivity index (χ1n) is 7.07. The molecule has 1 aromatic heterocycles. The number of anilines is 1. The minimum atomic E-state index is -0.0966. The van der Waals surface area contributed by atoms with Gasteiger partial charge in [-0.05, 0) is 34.7 Å². The van der Waals surface area contributed by atoms with Gasteiger partial charge in [0.25, 0.3) is 5.56 Å². The summed E-state index contributed by atoms with van der Waals surface area (Å²) in [6, 6.07) is 0. The zero-order valence-electron chi connectivity index (χ0n) is 12.3. The Morgan fingerprint density at radius 2 is 2.10 bits per heavy atom. The Bertz CT molecular complexity index is 508. The lowest BCUT2D eigenvalue weighted by Crippen LogP contribution is -2.38. The molecular formula is C14H22BrN3O2. The second-order valence-electron chi connectivity index (χ2n) is 5.69. The minimum absolute atomic E-state index is 0.0966. The Hall–Kier alpha value is -0.880. The lowest BCUT2D eigenvalue weighted by atomic mass is 10.1. The number of aryl methyl sites for hydroxylation is 1. The van der Waals surface area contributed by atoms with Crippen molar-refractivity contribution >= 4 is 21.6 Å². The Balaban J connectivity index is 1.97. The largest absolute Gasteiger partial charge is 0.378 e. The summed E-state index contributed by atoms with van der Waals surface area (Å²) in [5.74, 6) is 0.573. The summed E-state index contributed by atoms with van der Waals surface area (Å²) in [4.78, 5) is 14.1. The van der Waals surface area contributed by atoms with Crippen molar-refractivity contribution < 1.29 is 4.74 Å². The molecule has 1 aliphatic heterocycles. The van der Waals surface area contributed by atoms with Crippen molar-refractivity contribution in [2.75, 3.05) is 24.6 Å². The van der Waals surface area contributed by atoms with Gasteiger partial charge >= 0.3 is 0 Å². The molecule has 0 radical (unpaired) electrons. The van der Waals surface area contributed by atoms with Gasteiger partial charge in [0.05, 0.1) is 18.0 Å². The minimum Gasteiger partial charge on any atom is -0.378 e. The molecule has 0 N–H and O–H groups in total. The molecule has 1 aromatic rings. The average Bonchev–Trinajstić information content (AvgIpc) is 2.43. The number of ether oxygens (including phenoxy) is 1. The summed E-state index contributed by atoms with van der Waals surface area (Å²) in [6.07, 6.45) is 4.08. The fourth-order valence-corrected chi connectivity index (χ4v) is 2.92. The van der Waals surface area contributed by atoms with Crippen LogP contribution in [0.5, 0.6) is 0 Å². The molecule has 0 spiro atoms. The normalized spacial score (nSPS) is 16.9. The zero-order chi connectivity index (χ0) is 14.7. The molecule has 0 aromatic carbocycles. The predicted molar refractivity (Wildman–Crippen MR) is 83.2 cm³/mol. The number of rotatable bonds is 4. The summed E-state index contributed by atoms with van der Waals surface area (Å²) >= 11 is 3.39. The van der Waals surface area contributed by atoms with Crippen molar-refractivity contribution in [2.24, 2.45) is 13.0 Å². The standard InChI is InChI=1S/C14H22BrN3O2/c1-10(2)9-20-11-4-6-18(7-5-11)12-8-16-17(3)14(19)13(12)15/h8,10-11H,4-7,9H2,1-3H3. The summed E-state index contributed by atoms with van der Waals surface area (Å²) in [7, 11) is 1.66. The molecule has 2 heterocycles. The number of hydrogen-bond donors (Lipinski definition) is 0. The van der Waals surface area contributed by atoms with Gasteiger partial charge in [0, 0.05) is 26.7 Å². The van der Waals surface area contributed by atoms with Crippen LogP contribution in [-0.4, -0.2) is 35.6 Å². The lowest BCUT2D eigenvalue weighted by Gasteiger charge is -2.34. The Morgan fingerprint density at radius 3 is 2.70 bits per heavy atom. The van der Waals surface area contributed by atoms with Crippen molar-refractivity contribution in [3.63, 3.8) is 0 Å². The molecule has 0 atom stereocenters. The number of nitrogens with zero attached hydrogens (tertiary/aromatic N) is 3. The van der Waals surface area contributed by atoms with Crippen LogP contribution in [0.3, 0.4) is 0 Å². The molecule has 0 aliphatic carbocycles. The van der Waals surface area contributed by atoms with Crippen LogP contribution in [0, 0.1) is 5.92 Å². The molecule has 1 aliphatic rings. The second kappa shape index (κ2) is 6.72. The topological polar surface area (TPSA) is 47.4 Å². The van der Waals surface area contributed by atoms with Crippen LogP contribution >= 0.6 is 15.9 Å². The SMILES string of the molecule is CC(C)COC1CCN(c2cnn(C)c(=O)c2Br)CC1. The summed E-state index contributed by atoms with van der Waals surface area (Å²) in [5, 5.41) is 4.09. The van der Waals surface area contributed by atoms with E-state index in [-0.39, 0.29) is 5.56 Å². The van der Waals surface area contributed by atoms with E-state index < -0.39 is 0 Å². The molecule has 5 nitrogen and oxygen atoms in total. The summed E-state index contributed by atoms with van der Waals surface area (Å²) in [5.41, 5.74) is 0.788. The van der Waals surface area contributed by atoms with Gasteiger partial charge in [-0.25, -0.2) is 4.68 Å². The van der Waals surface area contributed by atoms with Gasteiger partial charge in [-0.1, -0.05) is 13.8 Å². The van der Waals surface area contributed by atoms with Gasteiger partial charge in [0.1, 0.15) is 4.47 Å². The van der Waals surface area contributed by atoms with Crippen LogP contribution in [0.25, 0.3) is 0 Å². The third kappa shape index (κ3) is 3.61. The first-order chi connectivity index (χ1) is 9.49. The van der Waals surface area contributed by atoms with Gasteiger partial charge < -0.3 is 9.64 Å². The van der Waals surface area contributed by atoms with Crippen molar-refractivity contribution in [3.8, 4) is 0 Å². The van der Waals surface area contributed by atoms with Crippen LogP contribution in [-0.2, 0) is 11.8 Å². The van der Waals surface area contributed by atoms with Crippen molar-refractivity contribution in [1.29, 1.82) is 0 Å². The molecule has 0 amide bonds. The Morgan fingerprint density at radius 1 is 1.45 bits per heavy atom. The van der Waals surface area contributed by atoms with Gasteiger partial charge in [0.15, 0.2) is 0 Å². The van der Waals surface area contributed by atoms with E-state index in [0.29, 0.717) is 16.5 Å². The van der Waals surface area contributed by atoms with Crippen molar-refractivity contribution in [2.45, 2.75) is 32.8 Å². The first-order valence-corrected chi connectivity index (χ1v) is 7.86. The highest BCUT2D eigenvalue weighted by Gasteiger charge is 2.22. The molecule has 0 saturated carbocycles. The highest BCUT2D eigenvalue weighted by atomic mass is 79.9. The van der Waals surface area contributed by atoms with E-state index in [0.717, 1.165) is 38.2 Å². The number of hydrogen-bond acceptors (Lipinski definition) is 4. The van der Waals surface area contributed by atoms with E-state index in [2.05, 4.69) is 39.8 Å². The highest BCUT2D eigenvalue weighted by molar-refractivity contribution is 9.10. The molecular weight excluding hydrogens is 322 g/mol. The molecule has 0 unspecified atom stereocenters. The van der Waals surface area contributed by atoms with Crippen molar-refractivity contribution in [1.82, 2.24) is 9.78 Å². The molecule has 112 valence electrons. The number of halogens is 1. The average molecular weight is 344 g/mol. The molecule has 2 rings (SSSR count). The quantitative estimate of drug-likeness (QED) is 0.840. The first kappa shape index (κ1) is 15.5. The molecule has 1 saturated heterocycles. The van der Waals surface area contributed by atoms with E-state index in [9.17, 15) is 4.79 Å².